The Kier molecular flexibility index (Phi) is 7.64. The monoisotopic (exact) mass is 389 g/mol. The first-order chi connectivity index (χ1) is 12.0. The third kappa shape index (κ3) is 7.04. The van der Waals surface area contributed by atoms with Gasteiger partial charge in [0.15, 0.2) is 0 Å². The molecule has 1 rings (SSSR count). The van der Waals surface area contributed by atoms with Crippen LogP contribution in [0.5, 0.6) is 0 Å². The summed E-state index contributed by atoms with van der Waals surface area (Å²) in [5.41, 5.74) is -0.669. The second-order valence-electron chi connectivity index (χ2n) is 6.74. The number of aryl methyl sites for hydroxylation is 1. The Labute approximate surface area is 153 Å². The molecule has 148 valence electrons. The van der Waals surface area contributed by atoms with E-state index in [2.05, 4.69) is 10.0 Å². The van der Waals surface area contributed by atoms with Crippen LogP contribution in [0, 0.1) is 0 Å². The maximum atomic E-state index is 12.3. The van der Waals surface area contributed by atoms with Crippen molar-refractivity contribution in [2.45, 2.75) is 57.6 Å². The number of nitrogens with zero attached hydrogens (tertiary/aromatic N) is 1. The molecule has 0 spiro atoms. The summed E-state index contributed by atoms with van der Waals surface area (Å²) in [4.78, 5) is 22.6. The smallest absolute Gasteiger partial charge is 0.407 e. The molecule has 0 bridgehead atoms. The number of rotatable bonds is 9. The Morgan fingerprint density at radius 3 is 2.46 bits per heavy atom. The Hall–Kier alpha value is -2.07. The maximum Gasteiger partial charge on any atom is 0.407 e. The lowest BCUT2D eigenvalue weighted by Crippen LogP contribution is -2.34. The van der Waals surface area contributed by atoms with Crippen LogP contribution in [0.1, 0.15) is 51.0 Å². The summed E-state index contributed by atoms with van der Waals surface area (Å²) in [5, 5.41) is 11.7. The molecule has 3 N–H and O–H groups in total. The fraction of sp³-hybridized carbons (Fsp3) is 0.625. The molecule has 0 unspecified atom stereocenters. The van der Waals surface area contributed by atoms with Crippen molar-refractivity contribution in [3.05, 3.63) is 18.0 Å². The molecule has 0 fully saturated rings. The summed E-state index contributed by atoms with van der Waals surface area (Å²) >= 11 is 0. The summed E-state index contributed by atoms with van der Waals surface area (Å²) in [7, 11) is -3.82. The molecule has 26 heavy (non-hydrogen) atoms. The highest BCUT2D eigenvalue weighted by atomic mass is 32.2. The van der Waals surface area contributed by atoms with Gasteiger partial charge in [0, 0.05) is 25.8 Å². The molecule has 1 heterocycles. The van der Waals surface area contributed by atoms with Crippen molar-refractivity contribution in [3.8, 4) is 0 Å². The number of ether oxygens (including phenoxy) is 1. The number of amides is 1. The molecule has 1 amide bonds. The minimum absolute atomic E-state index is 0.0705. The van der Waals surface area contributed by atoms with Gasteiger partial charge in [0.2, 0.25) is 10.0 Å². The van der Waals surface area contributed by atoms with Gasteiger partial charge in [-0.1, -0.05) is 6.92 Å². The third-order valence-corrected chi connectivity index (χ3v) is 4.61. The topological polar surface area (TPSA) is 127 Å². The van der Waals surface area contributed by atoms with Crippen LogP contribution in [0.2, 0.25) is 0 Å². The van der Waals surface area contributed by atoms with E-state index >= 15 is 0 Å². The van der Waals surface area contributed by atoms with Gasteiger partial charge in [-0.3, -0.25) is 0 Å². The predicted molar refractivity (Wildman–Crippen MR) is 95.7 cm³/mol. The summed E-state index contributed by atoms with van der Waals surface area (Å²) in [5.74, 6) is -1.18. The Bertz CT molecular complexity index is 734. The van der Waals surface area contributed by atoms with E-state index in [0.29, 0.717) is 19.4 Å². The first kappa shape index (κ1) is 22.0. The molecule has 0 aliphatic heterocycles. The molecule has 0 saturated heterocycles. The van der Waals surface area contributed by atoms with E-state index < -0.39 is 27.7 Å². The van der Waals surface area contributed by atoms with Crippen LogP contribution in [-0.4, -0.2) is 48.8 Å². The molecule has 0 aliphatic rings. The van der Waals surface area contributed by atoms with E-state index in [1.165, 1.54) is 10.8 Å². The Morgan fingerprint density at radius 2 is 1.92 bits per heavy atom. The van der Waals surface area contributed by atoms with E-state index in [0.717, 1.165) is 6.07 Å². The molecule has 0 atom stereocenters. The lowest BCUT2D eigenvalue weighted by Gasteiger charge is -2.19. The molecule has 0 radical (unpaired) electrons. The first-order valence-corrected chi connectivity index (χ1v) is 9.84. The van der Waals surface area contributed by atoms with Crippen molar-refractivity contribution in [1.29, 1.82) is 0 Å². The maximum absolute atomic E-state index is 12.3. The molecule has 1 aromatic heterocycles. The molecule has 10 heteroatoms. The molecule has 1 aromatic rings. The van der Waals surface area contributed by atoms with Crippen LogP contribution in [0.15, 0.2) is 17.2 Å². The normalized spacial score (nSPS) is 12.0. The first-order valence-electron chi connectivity index (χ1n) is 8.36. The number of aromatic carboxylic acids is 1. The van der Waals surface area contributed by atoms with Crippen molar-refractivity contribution in [2.24, 2.45) is 0 Å². The molecular formula is C16H27N3O6S. The number of hydrogen-bond donors (Lipinski definition) is 3. The van der Waals surface area contributed by atoms with Crippen molar-refractivity contribution in [3.63, 3.8) is 0 Å². The highest BCUT2D eigenvalue weighted by Gasteiger charge is 2.21. The van der Waals surface area contributed by atoms with Crippen LogP contribution < -0.4 is 10.0 Å². The lowest BCUT2D eigenvalue weighted by atomic mass is 10.2. The van der Waals surface area contributed by atoms with Crippen LogP contribution in [0.3, 0.4) is 0 Å². The van der Waals surface area contributed by atoms with E-state index in [1.54, 1.807) is 20.8 Å². The highest BCUT2D eigenvalue weighted by molar-refractivity contribution is 7.89. The number of carbonyl (C=O) groups is 2. The average Bonchev–Trinajstić information content (AvgIpc) is 2.90. The Morgan fingerprint density at radius 1 is 1.27 bits per heavy atom. The molecular weight excluding hydrogens is 362 g/mol. The fourth-order valence-electron chi connectivity index (χ4n) is 2.12. The summed E-state index contributed by atoms with van der Waals surface area (Å²) in [6, 6.07) is 1.14. The quantitative estimate of drug-likeness (QED) is 0.553. The number of carbonyl (C=O) groups excluding carboxylic acids is 1. The zero-order valence-corrected chi connectivity index (χ0v) is 16.4. The van der Waals surface area contributed by atoms with Crippen molar-refractivity contribution in [2.75, 3.05) is 13.1 Å². The van der Waals surface area contributed by atoms with Crippen LogP contribution in [0.25, 0.3) is 0 Å². The van der Waals surface area contributed by atoms with Gasteiger partial charge >= 0.3 is 12.1 Å². The second kappa shape index (κ2) is 9.04. The zero-order valence-electron chi connectivity index (χ0n) is 15.5. The Balaban J connectivity index is 2.56. The minimum atomic E-state index is -3.82. The van der Waals surface area contributed by atoms with Crippen molar-refractivity contribution >= 4 is 22.1 Å². The fourth-order valence-corrected chi connectivity index (χ4v) is 3.23. The van der Waals surface area contributed by atoms with Gasteiger partial charge in [0.1, 0.15) is 16.2 Å². The van der Waals surface area contributed by atoms with E-state index in [9.17, 15) is 18.0 Å². The largest absolute Gasteiger partial charge is 0.477 e. The van der Waals surface area contributed by atoms with Gasteiger partial charge in [0.25, 0.3) is 0 Å². The number of sulfonamides is 1. The van der Waals surface area contributed by atoms with Crippen LogP contribution in [-0.2, 0) is 21.3 Å². The van der Waals surface area contributed by atoms with Gasteiger partial charge in [0.05, 0.1) is 0 Å². The van der Waals surface area contributed by atoms with Gasteiger partial charge in [-0.05, 0) is 39.7 Å². The van der Waals surface area contributed by atoms with Gasteiger partial charge < -0.3 is 19.7 Å². The predicted octanol–water partition coefficient (Wildman–Crippen LogP) is 1.79. The van der Waals surface area contributed by atoms with E-state index in [1.807, 2.05) is 6.92 Å². The van der Waals surface area contributed by atoms with Gasteiger partial charge in [-0.25, -0.2) is 22.7 Å². The van der Waals surface area contributed by atoms with E-state index in [-0.39, 0.29) is 23.7 Å². The van der Waals surface area contributed by atoms with Gasteiger partial charge in [-0.15, -0.1) is 0 Å². The van der Waals surface area contributed by atoms with E-state index in [4.69, 9.17) is 9.84 Å². The average molecular weight is 389 g/mol. The number of aromatic nitrogens is 1. The summed E-state index contributed by atoms with van der Waals surface area (Å²) in [6.07, 6.45) is 1.79. The number of carboxylic acid groups (broad SMARTS) is 1. The molecule has 0 aliphatic carbocycles. The van der Waals surface area contributed by atoms with Crippen LogP contribution >= 0.6 is 0 Å². The lowest BCUT2D eigenvalue weighted by molar-refractivity contribution is 0.0527. The second-order valence-corrected chi connectivity index (χ2v) is 8.51. The van der Waals surface area contributed by atoms with Crippen molar-refractivity contribution in [1.82, 2.24) is 14.6 Å². The number of alkyl carbamates (subject to hydrolysis) is 1. The number of hydrogen-bond acceptors (Lipinski definition) is 5. The molecule has 9 nitrogen and oxygen atoms in total. The minimum Gasteiger partial charge on any atom is -0.477 e. The number of carboxylic acids is 1. The van der Waals surface area contributed by atoms with Gasteiger partial charge in [-0.2, -0.15) is 0 Å². The summed E-state index contributed by atoms with van der Waals surface area (Å²) in [6.45, 7) is 7.87. The summed E-state index contributed by atoms with van der Waals surface area (Å²) < 4.78 is 33.4. The highest BCUT2D eigenvalue weighted by Crippen LogP contribution is 2.15. The third-order valence-electron chi connectivity index (χ3n) is 3.18. The zero-order chi connectivity index (χ0) is 20.0. The molecule has 0 saturated carbocycles. The van der Waals surface area contributed by atoms with Crippen LogP contribution in [0.4, 0.5) is 4.79 Å². The SMILES string of the molecule is CCCn1cc(S(=O)(=O)NCCCNC(=O)OC(C)(C)C)cc1C(=O)O. The number of nitrogens with one attached hydrogen (secondary N) is 2. The van der Waals surface area contributed by atoms with Crippen molar-refractivity contribution < 1.29 is 27.9 Å². The standard InChI is InChI=1S/C16H27N3O6S/c1-5-9-19-11-12(10-13(19)14(20)21)26(23,24)18-8-6-7-17-15(22)25-16(2,3)4/h10-11,18H,5-9H2,1-4H3,(H,17,22)(H,20,21). The molecule has 0 aromatic carbocycles.